The number of hydrogen-bond donors (Lipinski definition) is 0. The van der Waals surface area contributed by atoms with Crippen molar-refractivity contribution >= 4 is 10.9 Å². The summed E-state index contributed by atoms with van der Waals surface area (Å²) in [5.74, 6) is 0. The molecule has 1 aromatic heterocycles. The molecule has 2 rings (SSSR count). The molecule has 0 saturated heterocycles. The van der Waals surface area contributed by atoms with Gasteiger partial charge in [-0.15, -0.1) is 0 Å². The van der Waals surface area contributed by atoms with Gasteiger partial charge in [0.15, 0.2) is 0 Å². The maximum absolute atomic E-state index is 4.49. The Hall–Kier alpha value is -1.37. The standard InChI is InChI=1S/C11H11N.C3H8/c1-2-10-8-7-9-5-3-4-6-11(9)12-10;1-3-2/h3-8H,2H2,1H3;3H2,1-2H3. The van der Waals surface area contributed by atoms with Gasteiger partial charge in [-0.3, -0.25) is 4.98 Å². The summed E-state index contributed by atoms with van der Waals surface area (Å²) >= 11 is 0. The van der Waals surface area contributed by atoms with E-state index < -0.39 is 0 Å². The molecule has 1 nitrogen and oxygen atoms in total. The van der Waals surface area contributed by atoms with Crippen LogP contribution < -0.4 is 0 Å². The van der Waals surface area contributed by atoms with Crippen molar-refractivity contribution in [2.45, 2.75) is 33.6 Å². The van der Waals surface area contributed by atoms with Crippen LogP contribution in [0, 0.1) is 0 Å². The average Bonchev–Trinajstić information content (AvgIpc) is 2.29. The van der Waals surface area contributed by atoms with Crippen LogP contribution in [0.4, 0.5) is 0 Å². The summed E-state index contributed by atoms with van der Waals surface area (Å²) in [6.45, 7) is 6.37. The molecule has 1 heterocycles. The van der Waals surface area contributed by atoms with E-state index in [2.05, 4.69) is 50.0 Å². The highest BCUT2D eigenvalue weighted by Gasteiger charge is 1.93. The average molecular weight is 201 g/mol. The number of benzene rings is 1. The first-order valence-corrected chi connectivity index (χ1v) is 5.66. The maximum atomic E-state index is 4.49. The lowest BCUT2D eigenvalue weighted by atomic mass is 10.2. The number of hydrogen-bond acceptors (Lipinski definition) is 1. The molecule has 0 fully saturated rings. The van der Waals surface area contributed by atoms with Gasteiger partial charge >= 0.3 is 0 Å². The predicted molar refractivity (Wildman–Crippen MR) is 67.1 cm³/mol. The Bertz CT molecular complexity index is 407. The Morgan fingerprint density at radius 1 is 0.933 bits per heavy atom. The second-order valence-corrected chi connectivity index (χ2v) is 3.56. The van der Waals surface area contributed by atoms with Crippen molar-refractivity contribution in [3.05, 3.63) is 42.1 Å². The summed E-state index contributed by atoms with van der Waals surface area (Å²) in [7, 11) is 0. The van der Waals surface area contributed by atoms with Crippen molar-refractivity contribution in [3.8, 4) is 0 Å². The Labute approximate surface area is 92.2 Å². The summed E-state index contributed by atoms with van der Waals surface area (Å²) in [4.78, 5) is 4.49. The fourth-order valence-electron chi connectivity index (χ4n) is 1.31. The Kier molecular flexibility index (Phi) is 4.82. The third-order valence-corrected chi connectivity index (χ3v) is 2.02. The zero-order valence-electron chi connectivity index (χ0n) is 9.83. The van der Waals surface area contributed by atoms with Crippen LogP contribution in [0.1, 0.15) is 32.9 Å². The molecular weight excluding hydrogens is 182 g/mol. The van der Waals surface area contributed by atoms with Crippen LogP contribution >= 0.6 is 0 Å². The Morgan fingerprint density at radius 3 is 2.27 bits per heavy atom. The Morgan fingerprint density at radius 2 is 1.60 bits per heavy atom. The number of aromatic nitrogens is 1. The van der Waals surface area contributed by atoms with Gasteiger partial charge in [-0.05, 0) is 18.6 Å². The number of nitrogens with zero attached hydrogens (tertiary/aromatic N) is 1. The lowest BCUT2D eigenvalue weighted by molar-refractivity contribution is 1.06. The normalized spacial score (nSPS) is 9.53. The van der Waals surface area contributed by atoms with Gasteiger partial charge in [0.1, 0.15) is 0 Å². The van der Waals surface area contributed by atoms with Crippen LogP contribution in [0.2, 0.25) is 0 Å². The molecule has 0 unspecified atom stereocenters. The van der Waals surface area contributed by atoms with Gasteiger partial charge in [-0.25, -0.2) is 0 Å². The van der Waals surface area contributed by atoms with E-state index in [1.807, 2.05) is 12.1 Å². The van der Waals surface area contributed by atoms with E-state index >= 15 is 0 Å². The highest BCUT2D eigenvalue weighted by molar-refractivity contribution is 5.78. The minimum atomic E-state index is 1.00. The monoisotopic (exact) mass is 201 g/mol. The van der Waals surface area contributed by atoms with Gasteiger partial charge in [-0.1, -0.05) is 51.5 Å². The van der Waals surface area contributed by atoms with Gasteiger partial charge < -0.3 is 0 Å². The summed E-state index contributed by atoms with van der Waals surface area (Å²) < 4.78 is 0. The Balaban J connectivity index is 0.000000337. The van der Waals surface area contributed by atoms with Crippen molar-refractivity contribution in [2.24, 2.45) is 0 Å². The number of pyridine rings is 1. The molecule has 0 amide bonds. The quantitative estimate of drug-likeness (QED) is 0.673. The molecule has 0 aliphatic rings. The third kappa shape index (κ3) is 3.35. The second kappa shape index (κ2) is 6.18. The fourth-order valence-corrected chi connectivity index (χ4v) is 1.31. The fraction of sp³-hybridized carbons (Fsp3) is 0.357. The van der Waals surface area contributed by atoms with Crippen molar-refractivity contribution < 1.29 is 0 Å². The molecule has 1 heteroatoms. The molecule has 0 radical (unpaired) electrons. The number of para-hydroxylation sites is 1. The second-order valence-electron chi connectivity index (χ2n) is 3.56. The van der Waals surface area contributed by atoms with E-state index in [9.17, 15) is 0 Å². The first kappa shape index (κ1) is 11.7. The van der Waals surface area contributed by atoms with Crippen LogP contribution in [-0.2, 0) is 6.42 Å². The van der Waals surface area contributed by atoms with Gasteiger partial charge in [0.25, 0.3) is 0 Å². The SMILES string of the molecule is CCC.CCc1ccc2ccccc2n1. The van der Waals surface area contributed by atoms with Crippen molar-refractivity contribution in [1.82, 2.24) is 4.98 Å². The first-order valence-electron chi connectivity index (χ1n) is 5.66. The highest BCUT2D eigenvalue weighted by Crippen LogP contribution is 2.11. The van der Waals surface area contributed by atoms with Gasteiger partial charge in [0.2, 0.25) is 0 Å². The van der Waals surface area contributed by atoms with E-state index in [0.29, 0.717) is 0 Å². The predicted octanol–water partition coefficient (Wildman–Crippen LogP) is 4.21. The van der Waals surface area contributed by atoms with Crippen LogP contribution in [0.3, 0.4) is 0 Å². The first-order chi connectivity index (χ1) is 7.31. The van der Waals surface area contributed by atoms with Gasteiger partial charge in [0, 0.05) is 11.1 Å². The molecule has 0 aliphatic heterocycles. The minimum Gasteiger partial charge on any atom is -0.253 e. The zero-order valence-corrected chi connectivity index (χ0v) is 9.83. The largest absolute Gasteiger partial charge is 0.253 e. The molecule has 0 N–H and O–H groups in total. The third-order valence-electron chi connectivity index (χ3n) is 2.02. The number of rotatable bonds is 1. The molecule has 0 atom stereocenters. The zero-order chi connectivity index (χ0) is 11.1. The van der Waals surface area contributed by atoms with Crippen LogP contribution in [0.25, 0.3) is 10.9 Å². The number of aryl methyl sites for hydroxylation is 1. The maximum Gasteiger partial charge on any atom is 0.0705 e. The summed E-state index contributed by atoms with van der Waals surface area (Å²) in [6.07, 6.45) is 2.25. The van der Waals surface area contributed by atoms with E-state index in [0.717, 1.165) is 17.6 Å². The molecule has 0 bridgehead atoms. The summed E-state index contributed by atoms with van der Waals surface area (Å²) in [5, 5.41) is 1.22. The van der Waals surface area contributed by atoms with E-state index in [1.165, 1.54) is 11.8 Å². The molecule has 80 valence electrons. The van der Waals surface area contributed by atoms with Crippen LogP contribution in [-0.4, -0.2) is 4.98 Å². The van der Waals surface area contributed by atoms with E-state index in [4.69, 9.17) is 0 Å². The molecular formula is C14H19N. The molecule has 0 spiro atoms. The lowest BCUT2D eigenvalue weighted by Crippen LogP contribution is -1.86. The smallest absolute Gasteiger partial charge is 0.0705 e. The minimum absolute atomic E-state index is 1.00. The summed E-state index contributed by atoms with van der Waals surface area (Å²) in [5.41, 5.74) is 2.26. The summed E-state index contributed by atoms with van der Waals surface area (Å²) in [6, 6.07) is 12.4. The van der Waals surface area contributed by atoms with Gasteiger partial charge in [0.05, 0.1) is 5.52 Å². The molecule has 1 aromatic carbocycles. The number of fused-ring (bicyclic) bond motifs is 1. The molecule has 0 saturated carbocycles. The van der Waals surface area contributed by atoms with E-state index in [1.54, 1.807) is 0 Å². The van der Waals surface area contributed by atoms with Crippen molar-refractivity contribution in [1.29, 1.82) is 0 Å². The van der Waals surface area contributed by atoms with E-state index in [-0.39, 0.29) is 0 Å². The van der Waals surface area contributed by atoms with Crippen LogP contribution in [0.15, 0.2) is 36.4 Å². The van der Waals surface area contributed by atoms with Crippen molar-refractivity contribution in [3.63, 3.8) is 0 Å². The lowest BCUT2D eigenvalue weighted by Gasteiger charge is -1.98. The topological polar surface area (TPSA) is 12.9 Å². The molecule has 15 heavy (non-hydrogen) atoms. The highest BCUT2D eigenvalue weighted by atomic mass is 14.7. The molecule has 2 aromatic rings. The van der Waals surface area contributed by atoms with Gasteiger partial charge in [-0.2, -0.15) is 0 Å². The molecule has 0 aliphatic carbocycles. The van der Waals surface area contributed by atoms with Crippen molar-refractivity contribution in [2.75, 3.05) is 0 Å². The van der Waals surface area contributed by atoms with Crippen LogP contribution in [0.5, 0.6) is 0 Å².